The zero-order valence-electron chi connectivity index (χ0n) is 15.6. The summed E-state index contributed by atoms with van der Waals surface area (Å²) in [5.74, 6) is 3.68. The van der Waals surface area contributed by atoms with Gasteiger partial charge in [0.15, 0.2) is 0 Å². The van der Waals surface area contributed by atoms with Gasteiger partial charge in [-0.3, -0.25) is 4.90 Å². The van der Waals surface area contributed by atoms with E-state index in [1.165, 1.54) is 11.1 Å². The first kappa shape index (κ1) is 18.1. The van der Waals surface area contributed by atoms with Gasteiger partial charge in [0, 0.05) is 18.4 Å². The Kier molecular flexibility index (Phi) is 4.56. The van der Waals surface area contributed by atoms with E-state index >= 15 is 0 Å². The number of hydrogen-bond acceptors (Lipinski definition) is 3. The Morgan fingerprint density at radius 3 is 2.36 bits per heavy atom. The van der Waals surface area contributed by atoms with Crippen LogP contribution in [-0.4, -0.2) is 40.8 Å². The van der Waals surface area contributed by atoms with Crippen molar-refractivity contribution >= 4 is 12.1 Å². The van der Waals surface area contributed by atoms with Crippen LogP contribution in [0.1, 0.15) is 36.8 Å². The van der Waals surface area contributed by atoms with Gasteiger partial charge in [-0.1, -0.05) is 54.5 Å². The summed E-state index contributed by atoms with van der Waals surface area (Å²) < 4.78 is 5.70. The standard InChI is InChI=1S/C23H21NO4/c1-23(13-11-21(25)26)12-6-14-24(23)22(27)28-15-20-18-9-4-2-7-16(18)17-8-3-5-10-19(17)20/h2-5,7-10,20H,6,12,14-15H2,1H3,(H,25,26)/t23-/m0/s1. The lowest BCUT2D eigenvalue weighted by Crippen LogP contribution is -2.44. The molecule has 1 heterocycles. The Morgan fingerprint density at radius 1 is 1.14 bits per heavy atom. The molecule has 1 aliphatic carbocycles. The van der Waals surface area contributed by atoms with Crippen LogP contribution in [0, 0.1) is 11.8 Å². The zero-order valence-corrected chi connectivity index (χ0v) is 15.6. The molecule has 0 spiro atoms. The Morgan fingerprint density at radius 2 is 1.75 bits per heavy atom. The van der Waals surface area contributed by atoms with Gasteiger partial charge in [-0.05, 0) is 42.0 Å². The summed E-state index contributed by atoms with van der Waals surface area (Å²) in [5, 5.41) is 8.84. The molecule has 4 rings (SSSR count). The molecule has 0 unspecified atom stereocenters. The van der Waals surface area contributed by atoms with Gasteiger partial charge in [0.1, 0.15) is 12.1 Å². The normalized spacial score (nSPS) is 20.1. The van der Waals surface area contributed by atoms with E-state index in [-0.39, 0.29) is 12.5 Å². The molecule has 2 aromatic carbocycles. The molecule has 0 saturated carbocycles. The maximum Gasteiger partial charge on any atom is 0.411 e. The van der Waals surface area contributed by atoms with Crippen molar-refractivity contribution in [3.8, 4) is 23.0 Å². The highest BCUT2D eigenvalue weighted by molar-refractivity contribution is 5.87. The minimum Gasteiger partial charge on any atom is -0.472 e. The second kappa shape index (κ2) is 7.05. The van der Waals surface area contributed by atoms with Crippen molar-refractivity contribution in [2.45, 2.75) is 31.2 Å². The van der Waals surface area contributed by atoms with Crippen LogP contribution in [0.4, 0.5) is 4.79 Å². The van der Waals surface area contributed by atoms with Crippen molar-refractivity contribution in [1.29, 1.82) is 0 Å². The number of benzene rings is 2. The van der Waals surface area contributed by atoms with Crippen molar-refractivity contribution in [2.75, 3.05) is 13.2 Å². The molecule has 1 atom stereocenters. The number of fused-ring (bicyclic) bond motifs is 3. The number of rotatable bonds is 2. The van der Waals surface area contributed by atoms with Crippen molar-refractivity contribution in [3.05, 3.63) is 59.7 Å². The molecule has 1 amide bonds. The number of nitrogens with zero attached hydrogens (tertiary/aromatic N) is 1. The fraction of sp³-hybridized carbons (Fsp3) is 0.304. The first-order valence-corrected chi connectivity index (χ1v) is 9.38. The first-order chi connectivity index (χ1) is 13.5. The monoisotopic (exact) mass is 375 g/mol. The average Bonchev–Trinajstić information content (AvgIpc) is 3.23. The van der Waals surface area contributed by atoms with Gasteiger partial charge in [-0.25, -0.2) is 9.59 Å². The number of hydrogen-bond donors (Lipinski definition) is 1. The summed E-state index contributed by atoms with van der Waals surface area (Å²) in [5.41, 5.74) is 3.87. The molecule has 1 saturated heterocycles. The fourth-order valence-electron chi connectivity index (χ4n) is 4.25. The predicted octanol–water partition coefficient (Wildman–Crippen LogP) is 3.88. The summed E-state index contributed by atoms with van der Waals surface area (Å²) in [6, 6.07) is 16.4. The van der Waals surface area contributed by atoms with Gasteiger partial charge >= 0.3 is 12.1 Å². The van der Waals surface area contributed by atoms with E-state index in [4.69, 9.17) is 9.84 Å². The highest BCUT2D eigenvalue weighted by atomic mass is 16.6. The van der Waals surface area contributed by atoms with Gasteiger partial charge in [0.25, 0.3) is 0 Å². The van der Waals surface area contributed by atoms with Crippen LogP contribution in [0.2, 0.25) is 0 Å². The minimum absolute atomic E-state index is 0.00434. The molecule has 0 aromatic heterocycles. The lowest BCUT2D eigenvalue weighted by atomic mass is 9.98. The van der Waals surface area contributed by atoms with Crippen molar-refractivity contribution < 1.29 is 19.4 Å². The maximum absolute atomic E-state index is 12.8. The van der Waals surface area contributed by atoms with Crippen LogP contribution >= 0.6 is 0 Å². The Labute approximate surface area is 163 Å². The molecule has 5 nitrogen and oxygen atoms in total. The van der Waals surface area contributed by atoms with Crippen LogP contribution in [-0.2, 0) is 9.53 Å². The third kappa shape index (κ3) is 3.11. The third-order valence-corrected chi connectivity index (χ3v) is 5.64. The topological polar surface area (TPSA) is 66.8 Å². The Bertz CT molecular complexity index is 957. The minimum atomic E-state index is -1.19. The van der Waals surface area contributed by atoms with E-state index < -0.39 is 17.6 Å². The predicted molar refractivity (Wildman–Crippen MR) is 105 cm³/mol. The lowest BCUT2D eigenvalue weighted by Gasteiger charge is -2.30. The summed E-state index contributed by atoms with van der Waals surface area (Å²) in [6.45, 7) is 2.55. The van der Waals surface area contributed by atoms with Crippen LogP contribution in [0.3, 0.4) is 0 Å². The first-order valence-electron chi connectivity index (χ1n) is 9.38. The smallest absolute Gasteiger partial charge is 0.411 e. The highest BCUT2D eigenvalue weighted by Crippen LogP contribution is 2.44. The largest absolute Gasteiger partial charge is 0.472 e. The van der Waals surface area contributed by atoms with Gasteiger partial charge in [0.05, 0.1) is 0 Å². The summed E-state index contributed by atoms with van der Waals surface area (Å²) >= 11 is 0. The number of carboxylic acid groups (broad SMARTS) is 1. The second-order valence-electron chi connectivity index (χ2n) is 7.39. The number of ether oxygens (including phenoxy) is 1. The molecular weight excluding hydrogens is 354 g/mol. The summed E-state index contributed by atoms with van der Waals surface area (Å²) in [7, 11) is 0. The number of carboxylic acids is 1. The van der Waals surface area contributed by atoms with Gasteiger partial charge in [0.2, 0.25) is 0 Å². The van der Waals surface area contributed by atoms with Crippen molar-refractivity contribution in [2.24, 2.45) is 0 Å². The number of carbonyl (C=O) groups excluding carboxylic acids is 1. The molecule has 5 heteroatoms. The molecule has 0 bridgehead atoms. The van der Waals surface area contributed by atoms with E-state index in [9.17, 15) is 9.59 Å². The molecule has 0 radical (unpaired) electrons. The van der Waals surface area contributed by atoms with Crippen molar-refractivity contribution in [1.82, 2.24) is 4.90 Å². The third-order valence-electron chi connectivity index (χ3n) is 5.64. The van der Waals surface area contributed by atoms with E-state index in [0.29, 0.717) is 13.0 Å². The Balaban J connectivity index is 1.53. The van der Waals surface area contributed by atoms with E-state index in [0.717, 1.165) is 17.5 Å². The lowest BCUT2D eigenvalue weighted by molar-refractivity contribution is -0.130. The van der Waals surface area contributed by atoms with Gasteiger partial charge in [-0.15, -0.1) is 0 Å². The van der Waals surface area contributed by atoms with Crippen LogP contribution in [0.15, 0.2) is 48.5 Å². The number of amides is 1. The van der Waals surface area contributed by atoms with Crippen LogP contribution < -0.4 is 0 Å². The van der Waals surface area contributed by atoms with E-state index in [1.54, 1.807) is 11.8 Å². The quantitative estimate of drug-likeness (QED) is 0.809. The summed E-state index contributed by atoms with van der Waals surface area (Å²) in [6.07, 6.45) is 0.966. The SMILES string of the molecule is C[C@@]1(C#CC(=O)O)CCCN1C(=O)OCC1c2ccccc2-c2ccccc21. The average molecular weight is 375 g/mol. The molecular formula is C23H21NO4. The molecule has 1 N–H and O–H groups in total. The van der Waals surface area contributed by atoms with E-state index in [2.05, 4.69) is 36.1 Å². The molecule has 142 valence electrons. The highest BCUT2D eigenvalue weighted by Gasteiger charge is 2.40. The zero-order chi connectivity index (χ0) is 19.7. The molecule has 28 heavy (non-hydrogen) atoms. The number of likely N-dealkylation sites (tertiary alicyclic amines) is 1. The van der Waals surface area contributed by atoms with Crippen LogP contribution in [0.5, 0.6) is 0 Å². The molecule has 2 aliphatic rings. The second-order valence-corrected chi connectivity index (χ2v) is 7.39. The maximum atomic E-state index is 12.8. The summed E-state index contributed by atoms with van der Waals surface area (Å²) in [4.78, 5) is 25.1. The number of aliphatic carboxylic acids is 1. The van der Waals surface area contributed by atoms with Gasteiger partial charge < -0.3 is 9.84 Å². The molecule has 2 aromatic rings. The fourth-order valence-corrected chi connectivity index (χ4v) is 4.25. The molecule has 1 aliphatic heterocycles. The van der Waals surface area contributed by atoms with Gasteiger partial charge in [-0.2, -0.15) is 0 Å². The molecule has 1 fully saturated rings. The number of carbonyl (C=O) groups is 2. The van der Waals surface area contributed by atoms with E-state index in [1.807, 2.05) is 24.3 Å². The van der Waals surface area contributed by atoms with Crippen molar-refractivity contribution in [3.63, 3.8) is 0 Å². The Hall–Kier alpha value is -3.26. The van der Waals surface area contributed by atoms with Crippen LogP contribution in [0.25, 0.3) is 11.1 Å².